The molecule has 0 amide bonds. The second-order valence-corrected chi connectivity index (χ2v) is 14.0. The van der Waals surface area contributed by atoms with Crippen LogP contribution in [0.1, 0.15) is 69.6 Å². The molecule has 6 atom stereocenters. The predicted molar refractivity (Wildman–Crippen MR) is 150 cm³/mol. The summed E-state index contributed by atoms with van der Waals surface area (Å²) in [6, 6.07) is 3.66. The SMILES string of the molecule is C=C1CC[C@@H]2[C@](C)(COS(=O)(=O)c3c(C)cc(C)cc3C)[C@H](O)CC[C@@]2(C)[C@@H]1C/C=C1/C(=O)OC[C@H]1OC(C)=O. The number of fused-ring (bicyclic) bond motifs is 1. The number of cyclic esters (lactones) is 1. The van der Waals surface area contributed by atoms with Gasteiger partial charge in [-0.25, -0.2) is 4.79 Å². The Kier molecular flexibility index (Phi) is 8.43. The van der Waals surface area contributed by atoms with Gasteiger partial charge in [0.05, 0.1) is 23.2 Å². The van der Waals surface area contributed by atoms with E-state index in [1.807, 2.05) is 26.0 Å². The molecule has 0 unspecified atom stereocenters. The van der Waals surface area contributed by atoms with Crippen molar-refractivity contribution in [1.82, 2.24) is 0 Å². The van der Waals surface area contributed by atoms with Crippen LogP contribution < -0.4 is 0 Å². The van der Waals surface area contributed by atoms with E-state index in [1.54, 1.807) is 19.9 Å². The molecule has 8 nitrogen and oxygen atoms in total. The van der Waals surface area contributed by atoms with Crippen LogP contribution in [0.25, 0.3) is 0 Å². The molecule has 2 saturated carbocycles. The fourth-order valence-electron chi connectivity index (χ4n) is 7.65. The molecule has 1 saturated heterocycles. The summed E-state index contributed by atoms with van der Waals surface area (Å²) in [6.07, 6.45) is 3.54. The fourth-order valence-corrected chi connectivity index (χ4v) is 9.09. The largest absolute Gasteiger partial charge is 0.458 e. The molecule has 1 heterocycles. The number of aliphatic hydroxyl groups is 1. The lowest BCUT2D eigenvalue weighted by atomic mass is 9.46. The maximum atomic E-state index is 13.4. The normalized spacial score (nSPS) is 33.5. The monoisotopic (exact) mass is 574 g/mol. The number of carbonyl (C=O) groups excluding carboxylic acids is 2. The Morgan fingerprint density at radius 1 is 1.20 bits per heavy atom. The minimum absolute atomic E-state index is 0.00571. The van der Waals surface area contributed by atoms with Crippen molar-refractivity contribution in [2.45, 2.75) is 90.7 Å². The van der Waals surface area contributed by atoms with E-state index in [9.17, 15) is 23.1 Å². The first-order chi connectivity index (χ1) is 18.6. The summed E-state index contributed by atoms with van der Waals surface area (Å²) < 4.78 is 43.0. The molecule has 0 aromatic heterocycles. The Bertz CT molecular complexity index is 1320. The molecule has 1 aromatic carbocycles. The molecule has 1 N–H and O–H groups in total. The number of esters is 2. The van der Waals surface area contributed by atoms with E-state index in [4.69, 9.17) is 13.7 Å². The van der Waals surface area contributed by atoms with Crippen LogP contribution in [0.5, 0.6) is 0 Å². The van der Waals surface area contributed by atoms with Crippen LogP contribution in [0.3, 0.4) is 0 Å². The van der Waals surface area contributed by atoms with Crippen molar-refractivity contribution in [2.24, 2.45) is 22.7 Å². The topological polar surface area (TPSA) is 116 Å². The summed E-state index contributed by atoms with van der Waals surface area (Å²) in [5, 5.41) is 11.3. The summed E-state index contributed by atoms with van der Waals surface area (Å²) in [5.41, 5.74) is 2.52. The number of ether oxygens (including phenoxy) is 2. The van der Waals surface area contributed by atoms with Gasteiger partial charge in [0, 0.05) is 12.3 Å². The third kappa shape index (κ3) is 5.52. The van der Waals surface area contributed by atoms with Crippen LogP contribution in [-0.2, 0) is 33.4 Å². The lowest BCUT2D eigenvalue weighted by molar-refractivity contribution is -0.146. The van der Waals surface area contributed by atoms with Gasteiger partial charge in [0.25, 0.3) is 10.1 Å². The van der Waals surface area contributed by atoms with Crippen molar-refractivity contribution >= 4 is 22.1 Å². The number of rotatable bonds is 7. The average Bonchev–Trinajstić information content (AvgIpc) is 3.17. The zero-order valence-corrected chi connectivity index (χ0v) is 25.2. The molecule has 9 heteroatoms. The molecule has 3 aliphatic rings. The highest BCUT2D eigenvalue weighted by molar-refractivity contribution is 7.86. The second kappa shape index (κ2) is 11.1. The van der Waals surface area contributed by atoms with E-state index in [-0.39, 0.29) is 35.4 Å². The first-order valence-electron chi connectivity index (χ1n) is 14.0. The predicted octanol–water partition coefficient (Wildman–Crippen LogP) is 4.87. The average molecular weight is 575 g/mol. The molecule has 0 radical (unpaired) electrons. The number of hydrogen-bond donors (Lipinski definition) is 1. The maximum absolute atomic E-state index is 13.4. The van der Waals surface area contributed by atoms with E-state index < -0.39 is 39.7 Å². The van der Waals surface area contributed by atoms with Gasteiger partial charge in [-0.1, -0.05) is 49.8 Å². The Labute approximate surface area is 237 Å². The quantitative estimate of drug-likeness (QED) is 0.212. The van der Waals surface area contributed by atoms with Crippen LogP contribution in [0.2, 0.25) is 0 Å². The van der Waals surface area contributed by atoms with Crippen LogP contribution in [0, 0.1) is 43.4 Å². The van der Waals surface area contributed by atoms with Crippen LogP contribution >= 0.6 is 0 Å². The number of aryl methyl sites for hydroxylation is 3. The van der Waals surface area contributed by atoms with E-state index in [0.29, 0.717) is 29.5 Å². The van der Waals surface area contributed by atoms with E-state index in [1.165, 1.54) is 6.92 Å². The molecular weight excluding hydrogens is 532 g/mol. The van der Waals surface area contributed by atoms with Crippen molar-refractivity contribution < 1.29 is 36.8 Å². The number of carbonyl (C=O) groups is 2. The van der Waals surface area contributed by atoms with E-state index >= 15 is 0 Å². The molecule has 0 spiro atoms. The van der Waals surface area contributed by atoms with Gasteiger partial charge >= 0.3 is 11.9 Å². The summed E-state index contributed by atoms with van der Waals surface area (Å²) in [4.78, 5) is 24.1. The highest BCUT2D eigenvalue weighted by Crippen LogP contribution is 2.62. The van der Waals surface area contributed by atoms with Crippen LogP contribution in [0.15, 0.2) is 40.8 Å². The highest BCUT2D eigenvalue weighted by Gasteiger charge is 2.58. The summed E-state index contributed by atoms with van der Waals surface area (Å²) >= 11 is 0. The van der Waals surface area contributed by atoms with Gasteiger partial charge in [0.1, 0.15) is 6.61 Å². The first-order valence-corrected chi connectivity index (χ1v) is 15.4. The van der Waals surface area contributed by atoms with Crippen molar-refractivity contribution in [2.75, 3.05) is 13.2 Å². The maximum Gasteiger partial charge on any atom is 0.337 e. The Hall–Kier alpha value is -2.49. The Balaban J connectivity index is 1.60. The molecular formula is C31H42O8S. The Morgan fingerprint density at radius 3 is 2.48 bits per heavy atom. The van der Waals surface area contributed by atoms with Gasteiger partial charge in [0.15, 0.2) is 6.10 Å². The number of allylic oxidation sites excluding steroid dienone is 2. The molecule has 4 rings (SSSR count). The van der Waals surface area contributed by atoms with Gasteiger partial charge in [-0.15, -0.1) is 0 Å². The third-order valence-corrected chi connectivity index (χ3v) is 11.1. The van der Waals surface area contributed by atoms with Crippen molar-refractivity contribution in [3.8, 4) is 0 Å². The van der Waals surface area contributed by atoms with Gasteiger partial charge in [-0.05, 0) is 81.3 Å². The molecule has 40 heavy (non-hydrogen) atoms. The smallest absolute Gasteiger partial charge is 0.337 e. The van der Waals surface area contributed by atoms with Gasteiger partial charge in [-0.3, -0.25) is 8.98 Å². The van der Waals surface area contributed by atoms with Gasteiger partial charge in [-0.2, -0.15) is 8.42 Å². The van der Waals surface area contributed by atoms with Gasteiger partial charge < -0.3 is 14.6 Å². The zero-order valence-electron chi connectivity index (χ0n) is 24.4. The number of aliphatic hydroxyl groups excluding tert-OH is 1. The lowest BCUT2D eigenvalue weighted by Crippen LogP contribution is -2.57. The second-order valence-electron chi connectivity index (χ2n) is 12.4. The first kappa shape index (κ1) is 30.5. The Morgan fingerprint density at radius 2 is 1.85 bits per heavy atom. The highest BCUT2D eigenvalue weighted by atomic mass is 32.2. The van der Waals surface area contributed by atoms with Crippen molar-refractivity contribution in [3.63, 3.8) is 0 Å². The third-order valence-electron chi connectivity index (χ3n) is 9.56. The molecule has 220 valence electrons. The van der Waals surface area contributed by atoms with E-state index in [2.05, 4.69) is 13.5 Å². The molecule has 1 aromatic rings. The van der Waals surface area contributed by atoms with Gasteiger partial charge in [0.2, 0.25) is 0 Å². The molecule has 1 aliphatic heterocycles. The van der Waals surface area contributed by atoms with Crippen molar-refractivity contribution in [1.29, 1.82) is 0 Å². The summed E-state index contributed by atoms with van der Waals surface area (Å²) in [5.74, 6) is -1.03. The minimum atomic E-state index is -4.06. The van der Waals surface area contributed by atoms with E-state index in [0.717, 1.165) is 30.4 Å². The molecule has 3 fully saturated rings. The molecule has 2 aliphatic carbocycles. The van der Waals surface area contributed by atoms with Crippen LogP contribution in [-0.4, -0.2) is 50.9 Å². The summed E-state index contributed by atoms with van der Waals surface area (Å²) in [6.45, 7) is 15.1. The molecule has 0 bridgehead atoms. The lowest BCUT2D eigenvalue weighted by Gasteiger charge is -2.60. The minimum Gasteiger partial charge on any atom is -0.458 e. The van der Waals surface area contributed by atoms with Crippen LogP contribution in [0.4, 0.5) is 0 Å². The van der Waals surface area contributed by atoms with Crippen molar-refractivity contribution in [3.05, 3.63) is 52.6 Å². The summed E-state index contributed by atoms with van der Waals surface area (Å²) in [7, 11) is -4.06. The fraction of sp³-hybridized carbons (Fsp3) is 0.613. The standard InChI is InChI=1S/C31H42O8S/c1-18-14-20(3)28(21(4)15-18)40(35,36)38-17-31(7)26-11-8-19(2)24(30(26,6)13-12-27(31)33)10-9-23-25(39-22(5)32)16-37-29(23)34/h9,14-15,24-27,33H,2,8,10-13,16-17H2,1,3-7H3/b23-9+/t24-,25-,26+,27-,30+,31+/m1/s1. The number of hydrogen-bond acceptors (Lipinski definition) is 8. The zero-order chi connectivity index (χ0) is 29.6. The number of benzene rings is 1.